The molecule has 188 valence electrons. The number of methoxy groups -OCH3 is 1. The van der Waals surface area contributed by atoms with Gasteiger partial charge >= 0.3 is 5.97 Å². The summed E-state index contributed by atoms with van der Waals surface area (Å²) >= 11 is 0. The van der Waals surface area contributed by atoms with Gasteiger partial charge in [-0.2, -0.15) is 0 Å². The van der Waals surface area contributed by atoms with Crippen LogP contribution < -0.4 is 14.8 Å². The molecule has 0 unspecified atom stereocenters. The molecule has 0 saturated carbocycles. The molecular formula is C30H35N3O3. The first-order valence-corrected chi connectivity index (χ1v) is 12.2. The monoisotopic (exact) mass is 485 g/mol. The quantitative estimate of drug-likeness (QED) is 0.222. The fourth-order valence-corrected chi connectivity index (χ4v) is 4.75. The molecule has 0 aliphatic carbocycles. The highest BCUT2D eigenvalue weighted by atomic mass is 16.6. The van der Waals surface area contributed by atoms with Gasteiger partial charge in [-0.15, -0.1) is 0 Å². The summed E-state index contributed by atoms with van der Waals surface area (Å²) in [5.41, 5.74) is 4.05. The number of esters is 1. The minimum Gasteiger partial charge on any atom is -0.493 e. The number of aromatic nitrogens is 2. The summed E-state index contributed by atoms with van der Waals surface area (Å²) in [4.78, 5) is 17.6. The zero-order valence-corrected chi connectivity index (χ0v) is 22.2. The van der Waals surface area contributed by atoms with E-state index in [-0.39, 0.29) is 11.0 Å². The second-order valence-electron chi connectivity index (χ2n) is 11.1. The first kappa shape index (κ1) is 25.3. The number of aryl methyl sites for hydroxylation is 1. The third-order valence-electron chi connectivity index (χ3n) is 5.89. The Morgan fingerprint density at radius 3 is 2.36 bits per heavy atom. The van der Waals surface area contributed by atoms with Crippen LogP contribution in [0, 0.1) is 12.3 Å². The molecule has 36 heavy (non-hydrogen) atoms. The van der Waals surface area contributed by atoms with Crippen molar-refractivity contribution in [1.82, 2.24) is 9.38 Å². The van der Waals surface area contributed by atoms with Gasteiger partial charge in [-0.25, -0.2) is 9.78 Å². The van der Waals surface area contributed by atoms with Crippen molar-refractivity contribution in [2.45, 2.75) is 53.5 Å². The Morgan fingerprint density at radius 1 is 0.972 bits per heavy atom. The molecule has 1 N–H and O–H groups in total. The Morgan fingerprint density at radius 2 is 1.69 bits per heavy atom. The van der Waals surface area contributed by atoms with E-state index in [0.29, 0.717) is 17.1 Å². The van der Waals surface area contributed by atoms with Gasteiger partial charge in [0.25, 0.3) is 0 Å². The fraction of sp³-hybridized carbons (Fsp3) is 0.333. The average molecular weight is 486 g/mol. The van der Waals surface area contributed by atoms with Crippen LogP contribution in [0.2, 0.25) is 0 Å². The Hall–Kier alpha value is -3.80. The summed E-state index contributed by atoms with van der Waals surface area (Å²) in [5.74, 6) is 1.30. The van der Waals surface area contributed by atoms with Gasteiger partial charge in [0.15, 0.2) is 11.5 Å². The van der Waals surface area contributed by atoms with E-state index in [4.69, 9.17) is 14.5 Å². The van der Waals surface area contributed by atoms with Crippen LogP contribution in [0.15, 0.2) is 66.9 Å². The van der Waals surface area contributed by atoms with E-state index in [1.54, 1.807) is 25.3 Å². The fourth-order valence-electron chi connectivity index (χ4n) is 4.75. The van der Waals surface area contributed by atoms with Gasteiger partial charge in [-0.05, 0) is 75.1 Å². The Balaban J connectivity index is 1.71. The smallest absolute Gasteiger partial charge is 0.343 e. The highest BCUT2D eigenvalue weighted by Crippen LogP contribution is 2.38. The average Bonchev–Trinajstić information content (AvgIpc) is 3.15. The van der Waals surface area contributed by atoms with Crippen molar-refractivity contribution in [2.24, 2.45) is 5.41 Å². The standard InChI is InChI=1S/C30H35N3O3/c1-20-11-13-21(14-12-20)28(34)36-23-16-15-22(18-24(23)35-7)26-27(32-30(5,6)19-29(2,3)4)33-17-9-8-10-25(33)31-26/h8-18,32H,19H2,1-7H3. The van der Waals surface area contributed by atoms with Crippen molar-refractivity contribution in [3.8, 4) is 22.8 Å². The van der Waals surface area contributed by atoms with E-state index in [9.17, 15) is 4.79 Å². The van der Waals surface area contributed by atoms with Crippen LogP contribution >= 0.6 is 0 Å². The second kappa shape index (κ2) is 9.69. The maximum atomic E-state index is 12.7. The van der Waals surface area contributed by atoms with Gasteiger partial charge in [0, 0.05) is 17.3 Å². The minimum atomic E-state index is -0.430. The predicted molar refractivity (Wildman–Crippen MR) is 145 cm³/mol. The van der Waals surface area contributed by atoms with E-state index in [2.05, 4.69) is 44.3 Å². The number of fused-ring (bicyclic) bond motifs is 1. The maximum Gasteiger partial charge on any atom is 0.343 e. The number of hydrogen-bond acceptors (Lipinski definition) is 5. The maximum absolute atomic E-state index is 12.7. The number of nitrogens with zero attached hydrogens (tertiary/aromatic N) is 2. The zero-order chi connectivity index (χ0) is 26.1. The minimum absolute atomic E-state index is 0.156. The second-order valence-corrected chi connectivity index (χ2v) is 11.1. The number of hydrogen-bond donors (Lipinski definition) is 1. The van der Waals surface area contributed by atoms with E-state index in [0.717, 1.165) is 34.7 Å². The lowest BCUT2D eigenvalue weighted by Crippen LogP contribution is -2.36. The van der Waals surface area contributed by atoms with E-state index < -0.39 is 5.97 Å². The summed E-state index contributed by atoms with van der Waals surface area (Å²) in [6.07, 6.45) is 2.98. The van der Waals surface area contributed by atoms with Gasteiger partial charge in [0.2, 0.25) is 0 Å². The van der Waals surface area contributed by atoms with Crippen molar-refractivity contribution in [3.63, 3.8) is 0 Å². The van der Waals surface area contributed by atoms with Crippen molar-refractivity contribution >= 4 is 17.4 Å². The molecule has 0 aliphatic rings. The van der Waals surface area contributed by atoms with Crippen LogP contribution in [-0.4, -0.2) is 28.0 Å². The highest BCUT2D eigenvalue weighted by molar-refractivity contribution is 5.91. The van der Waals surface area contributed by atoms with Gasteiger partial charge in [0.05, 0.1) is 12.7 Å². The molecule has 0 spiro atoms. The molecule has 2 aromatic carbocycles. The van der Waals surface area contributed by atoms with Gasteiger partial charge in [0.1, 0.15) is 17.2 Å². The van der Waals surface area contributed by atoms with Crippen molar-refractivity contribution in [1.29, 1.82) is 0 Å². The van der Waals surface area contributed by atoms with E-state index >= 15 is 0 Å². The van der Waals surface area contributed by atoms with Crippen LogP contribution in [0.4, 0.5) is 5.82 Å². The highest BCUT2D eigenvalue weighted by Gasteiger charge is 2.28. The third-order valence-corrected chi connectivity index (χ3v) is 5.89. The van der Waals surface area contributed by atoms with Crippen molar-refractivity contribution in [3.05, 3.63) is 78.0 Å². The molecule has 2 aromatic heterocycles. The number of anilines is 1. The molecule has 2 heterocycles. The Kier molecular flexibility index (Phi) is 6.81. The first-order valence-electron chi connectivity index (χ1n) is 12.2. The first-order chi connectivity index (χ1) is 17.0. The molecule has 0 amide bonds. The largest absolute Gasteiger partial charge is 0.493 e. The normalized spacial score (nSPS) is 12.0. The third kappa shape index (κ3) is 5.70. The van der Waals surface area contributed by atoms with Crippen LogP contribution in [0.5, 0.6) is 11.5 Å². The summed E-state index contributed by atoms with van der Waals surface area (Å²) < 4.78 is 13.4. The molecular weight excluding hydrogens is 450 g/mol. The van der Waals surface area contributed by atoms with Crippen molar-refractivity contribution < 1.29 is 14.3 Å². The Bertz CT molecular complexity index is 1380. The number of ether oxygens (including phenoxy) is 2. The van der Waals surface area contributed by atoms with E-state index in [1.807, 2.05) is 55.6 Å². The summed E-state index contributed by atoms with van der Waals surface area (Å²) in [5, 5.41) is 3.75. The zero-order valence-electron chi connectivity index (χ0n) is 22.2. The molecule has 0 aliphatic heterocycles. The lowest BCUT2D eigenvalue weighted by Gasteiger charge is -2.34. The molecule has 0 radical (unpaired) electrons. The molecule has 0 saturated heterocycles. The molecule has 6 nitrogen and oxygen atoms in total. The lowest BCUT2D eigenvalue weighted by atomic mass is 9.82. The number of benzene rings is 2. The molecule has 0 atom stereocenters. The van der Waals surface area contributed by atoms with Crippen LogP contribution in [0.3, 0.4) is 0 Å². The number of nitrogens with one attached hydrogen (secondary N) is 1. The van der Waals surface area contributed by atoms with Gasteiger partial charge in [-0.1, -0.05) is 44.5 Å². The van der Waals surface area contributed by atoms with Crippen LogP contribution in [-0.2, 0) is 0 Å². The molecule has 0 bridgehead atoms. The number of rotatable bonds is 7. The molecule has 4 aromatic rings. The van der Waals surface area contributed by atoms with E-state index in [1.165, 1.54) is 0 Å². The number of carbonyl (C=O) groups excluding carboxylic acids is 1. The SMILES string of the molecule is COc1cc(-c2nc3ccccn3c2NC(C)(C)CC(C)(C)C)ccc1OC(=O)c1ccc(C)cc1. The Labute approximate surface area is 213 Å². The van der Waals surface area contributed by atoms with Gasteiger partial charge < -0.3 is 14.8 Å². The summed E-state index contributed by atoms with van der Waals surface area (Å²) in [6.45, 7) is 13.1. The summed E-state index contributed by atoms with van der Waals surface area (Å²) in [6, 6.07) is 18.8. The lowest BCUT2D eigenvalue weighted by molar-refractivity contribution is 0.0729. The number of carbonyl (C=O) groups is 1. The topological polar surface area (TPSA) is 64.9 Å². The van der Waals surface area contributed by atoms with Crippen LogP contribution in [0.1, 0.15) is 57.0 Å². The van der Waals surface area contributed by atoms with Crippen LogP contribution in [0.25, 0.3) is 16.9 Å². The number of pyridine rings is 1. The van der Waals surface area contributed by atoms with Gasteiger partial charge in [-0.3, -0.25) is 4.40 Å². The van der Waals surface area contributed by atoms with Crippen molar-refractivity contribution in [2.75, 3.05) is 12.4 Å². The summed E-state index contributed by atoms with van der Waals surface area (Å²) in [7, 11) is 1.57. The molecule has 0 fully saturated rings. The number of imidazole rings is 1. The predicted octanol–water partition coefficient (Wildman–Crippen LogP) is 7.16. The molecule has 6 heteroatoms. The molecule has 4 rings (SSSR count).